The number of hydrogen-bond acceptors (Lipinski definition) is 6. The number of ether oxygens (including phenoxy) is 1. The number of esters is 1. The van der Waals surface area contributed by atoms with E-state index < -0.39 is 5.41 Å². The molecule has 0 N–H and O–H groups in total. The van der Waals surface area contributed by atoms with E-state index in [-0.39, 0.29) is 5.97 Å². The first kappa shape index (κ1) is 19.3. The first-order valence-corrected chi connectivity index (χ1v) is 9.51. The summed E-state index contributed by atoms with van der Waals surface area (Å²) >= 11 is 0. The number of rotatable bonds is 7. The minimum atomic E-state index is -0.600. The summed E-state index contributed by atoms with van der Waals surface area (Å²) < 4.78 is 5.10. The van der Waals surface area contributed by atoms with Gasteiger partial charge in [0.2, 0.25) is 0 Å². The maximum atomic E-state index is 12.5. The summed E-state index contributed by atoms with van der Waals surface area (Å²) in [5, 5.41) is 0. The number of hydrogen-bond donors (Lipinski definition) is 0. The molecule has 0 amide bonds. The third-order valence-corrected chi connectivity index (χ3v) is 5.44. The summed E-state index contributed by atoms with van der Waals surface area (Å²) in [6, 6.07) is 9.94. The van der Waals surface area contributed by atoms with E-state index >= 15 is 0 Å². The van der Waals surface area contributed by atoms with Crippen LogP contribution in [0.5, 0.6) is 0 Å². The smallest absolute Gasteiger partial charge is 0.315 e. The molecule has 0 aliphatic carbocycles. The Balaban J connectivity index is 1.52. The minimum Gasteiger partial charge on any atom is -0.468 e. The minimum absolute atomic E-state index is 0.166. The molecule has 144 valence electrons. The van der Waals surface area contributed by atoms with E-state index in [0.717, 1.165) is 56.9 Å². The predicted octanol–water partition coefficient (Wildman–Crippen LogP) is 2.51. The zero-order chi connectivity index (χ0) is 19.1. The maximum Gasteiger partial charge on any atom is 0.315 e. The number of methoxy groups -OCH3 is 1. The van der Waals surface area contributed by atoms with Crippen LogP contribution in [0.2, 0.25) is 0 Å². The molecule has 1 aliphatic heterocycles. The van der Waals surface area contributed by atoms with Gasteiger partial charge in [0, 0.05) is 38.6 Å². The van der Waals surface area contributed by atoms with E-state index in [1.54, 1.807) is 12.4 Å². The van der Waals surface area contributed by atoms with Crippen LogP contribution in [-0.4, -0.2) is 60.7 Å². The zero-order valence-electron chi connectivity index (χ0n) is 16.2. The van der Waals surface area contributed by atoms with E-state index in [2.05, 4.69) is 19.8 Å². The summed E-state index contributed by atoms with van der Waals surface area (Å²) in [5.74, 6) is 0.778. The Hall–Kier alpha value is -2.47. The van der Waals surface area contributed by atoms with Crippen LogP contribution in [0.1, 0.15) is 25.3 Å². The monoisotopic (exact) mass is 368 g/mol. The van der Waals surface area contributed by atoms with E-state index in [4.69, 9.17) is 4.74 Å². The summed E-state index contributed by atoms with van der Waals surface area (Å²) in [6.45, 7) is 6.86. The van der Waals surface area contributed by atoms with Crippen LogP contribution in [-0.2, 0) is 14.9 Å². The molecule has 2 heterocycles. The molecule has 3 rings (SSSR count). The zero-order valence-corrected chi connectivity index (χ0v) is 16.2. The Morgan fingerprint density at radius 2 is 1.89 bits per heavy atom. The molecule has 0 spiro atoms. The Morgan fingerprint density at radius 1 is 1.15 bits per heavy atom. The van der Waals surface area contributed by atoms with Crippen molar-refractivity contribution in [2.24, 2.45) is 0 Å². The van der Waals surface area contributed by atoms with E-state index in [0.29, 0.717) is 0 Å². The van der Waals surface area contributed by atoms with Gasteiger partial charge in [-0.1, -0.05) is 30.3 Å². The molecule has 27 heavy (non-hydrogen) atoms. The van der Waals surface area contributed by atoms with Crippen molar-refractivity contribution in [3.63, 3.8) is 0 Å². The third kappa shape index (κ3) is 4.63. The lowest BCUT2D eigenvalue weighted by Crippen LogP contribution is -2.47. The van der Waals surface area contributed by atoms with Gasteiger partial charge >= 0.3 is 5.97 Å². The van der Waals surface area contributed by atoms with Gasteiger partial charge in [0.25, 0.3) is 0 Å². The largest absolute Gasteiger partial charge is 0.468 e. The normalized spacial score (nSPS) is 17.3. The molecule has 1 saturated heterocycles. The van der Waals surface area contributed by atoms with Crippen molar-refractivity contribution < 1.29 is 9.53 Å². The van der Waals surface area contributed by atoms with Crippen molar-refractivity contribution in [2.45, 2.75) is 25.2 Å². The molecule has 1 atom stereocenters. The van der Waals surface area contributed by atoms with Gasteiger partial charge in [-0.15, -0.1) is 0 Å². The van der Waals surface area contributed by atoms with Crippen LogP contribution in [0.4, 0.5) is 5.82 Å². The fraction of sp³-hybridized carbons (Fsp3) is 0.476. The second-order valence-electron chi connectivity index (χ2n) is 7.19. The molecular weight excluding hydrogens is 340 g/mol. The molecule has 0 bridgehead atoms. The molecule has 0 radical (unpaired) electrons. The SMILES string of the molecule is COC(=O)C(C)(CCCN1CCN(c2cnccn2)CC1)c1ccccc1. The second kappa shape index (κ2) is 8.95. The molecule has 6 nitrogen and oxygen atoms in total. The summed E-state index contributed by atoms with van der Waals surface area (Å²) in [6.07, 6.45) is 6.97. The average Bonchev–Trinajstić information content (AvgIpc) is 2.74. The highest BCUT2D eigenvalue weighted by atomic mass is 16.5. The molecule has 1 aromatic heterocycles. The van der Waals surface area contributed by atoms with Gasteiger partial charge in [0.1, 0.15) is 5.82 Å². The van der Waals surface area contributed by atoms with Gasteiger partial charge in [-0.05, 0) is 31.9 Å². The summed E-state index contributed by atoms with van der Waals surface area (Å²) in [5.41, 5.74) is 0.418. The summed E-state index contributed by atoms with van der Waals surface area (Å²) in [4.78, 5) is 25.7. The lowest BCUT2D eigenvalue weighted by Gasteiger charge is -2.36. The van der Waals surface area contributed by atoms with E-state index in [9.17, 15) is 4.79 Å². The number of benzene rings is 1. The number of piperazine rings is 1. The highest BCUT2D eigenvalue weighted by Crippen LogP contribution is 2.30. The quantitative estimate of drug-likeness (QED) is 0.700. The van der Waals surface area contributed by atoms with Crippen LogP contribution < -0.4 is 4.90 Å². The van der Waals surface area contributed by atoms with E-state index in [1.807, 2.05) is 43.5 Å². The molecule has 6 heteroatoms. The lowest BCUT2D eigenvalue weighted by atomic mass is 9.78. The first-order valence-electron chi connectivity index (χ1n) is 9.51. The molecule has 1 fully saturated rings. The van der Waals surface area contributed by atoms with Crippen molar-refractivity contribution in [1.82, 2.24) is 14.9 Å². The van der Waals surface area contributed by atoms with Crippen LogP contribution in [0.3, 0.4) is 0 Å². The Kier molecular flexibility index (Phi) is 6.40. The van der Waals surface area contributed by atoms with Gasteiger partial charge in [0.05, 0.1) is 18.7 Å². The number of nitrogens with zero attached hydrogens (tertiary/aromatic N) is 4. The number of anilines is 1. The van der Waals surface area contributed by atoms with Crippen LogP contribution >= 0.6 is 0 Å². The number of carbonyl (C=O) groups is 1. The fourth-order valence-electron chi connectivity index (χ4n) is 3.71. The Labute approximate surface area is 161 Å². The molecule has 1 aliphatic rings. The average molecular weight is 368 g/mol. The fourth-order valence-corrected chi connectivity index (χ4v) is 3.71. The predicted molar refractivity (Wildman–Crippen MR) is 106 cm³/mol. The van der Waals surface area contributed by atoms with E-state index in [1.165, 1.54) is 7.11 Å². The van der Waals surface area contributed by atoms with Gasteiger partial charge in [0.15, 0.2) is 0 Å². The van der Waals surface area contributed by atoms with Gasteiger partial charge in [-0.25, -0.2) is 4.98 Å². The van der Waals surface area contributed by atoms with Crippen molar-refractivity contribution in [3.8, 4) is 0 Å². The maximum absolute atomic E-state index is 12.5. The van der Waals surface area contributed by atoms with Crippen molar-refractivity contribution in [2.75, 3.05) is 44.7 Å². The highest BCUT2D eigenvalue weighted by Gasteiger charge is 2.35. The van der Waals surface area contributed by atoms with Gasteiger partial charge < -0.3 is 9.64 Å². The van der Waals surface area contributed by atoms with Crippen molar-refractivity contribution in [1.29, 1.82) is 0 Å². The van der Waals surface area contributed by atoms with Gasteiger partial charge in [-0.2, -0.15) is 0 Å². The Bertz CT molecular complexity index is 717. The highest BCUT2D eigenvalue weighted by molar-refractivity contribution is 5.82. The topological polar surface area (TPSA) is 58.6 Å². The standard InChI is InChI=1S/C21H28N4O2/c1-21(20(26)27-2,18-7-4-3-5-8-18)9-6-12-24-13-15-25(16-14-24)19-17-22-10-11-23-19/h3-5,7-8,10-11,17H,6,9,12-16H2,1-2H3. The Morgan fingerprint density at radius 3 is 2.52 bits per heavy atom. The number of aromatic nitrogens is 2. The summed E-state index contributed by atoms with van der Waals surface area (Å²) in [7, 11) is 1.47. The van der Waals surface area contributed by atoms with Crippen LogP contribution in [0, 0.1) is 0 Å². The van der Waals surface area contributed by atoms with Crippen molar-refractivity contribution in [3.05, 3.63) is 54.5 Å². The third-order valence-electron chi connectivity index (χ3n) is 5.44. The molecule has 1 aromatic carbocycles. The molecule has 2 aromatic rings. The lowest BCUT2D eigenvalue weighted by molar-refractivity contribution is -0.147. The van der Waals surface area contributed by atoms with Gasteiger partial charge in [-0.3, -0.25) is 14.7 Å². The van der Waals surface area contributed by atoms with Crippen molar-refractivity contribution >= 4 is 11.8 Å². The number of carbonyl (C=O) groups excluding carboxylic acids is 1. The molecule has 1 unspecified atom stereocenters. The van der Waals surface area contributed by atoms with Crippen LogP contribution in [0.25, 0.3) is 0 Å². The first-order chi connectivity index (χ1) is 13.1. The molecule has 0 saturated carbocycles. The molecular formula is C21H28N4O2. The van der Waals surface area contributed by atoms with Crippen LogP contribution in [0.15, 0.2) is 48.9 Å². The second-order valence-corrected chi connectivity index (χ2v) is 7.19.